The summed E-state index contributed by atoms with van der Waals surface area (Å²) >= 11 is 5.72. The Morgan fingerprint density at radius 1 is 1.04 bits per heavy atom. The Bertz CT molecular complexity index is 689. The van der Waals surface area contributed by atoms with E-state index in [0.29, 0.717) is 19.1 Å². The van der Waals surface area contributed by atoms with Crippen LogP contribution in [0.2, 0.25) is 5.02 Å². The van der Waals surface area contributed by atoms with Crippen molar-refractivity contribution in [1.29, 1.82) is 0 Å². The minimum absolute atomic E-state index is 0.130. The number of halogens is 2. The number of allylic oxidation sites excluding steroid dienone is 1. The average molecular weight is 333 g/mol. The van der Waals surface area contributed by atoms with Crippen molar-refractivity contribution >= 4 is 11.6 Å². The second kappa shape index (κ2) is 7.26. The summed E-state index contributed by atoms with van der Waals surface area (Å²) in [6.07, 6.45) is 3.76. The van der Waals surface area contributed by atoms with Gasteiger partial charge >= 0.3 is 0 Å². The van der Waals surface area contributed by atoms with Gasteiger partial charge in [0.2, 0.25) is 0 Å². The molecule has 2 nitrogen and oxygen atoms in total. The lowest BCUT2D eigenvalue weighted by Gasteiger charge is -2.28. The standard InChI is InChI=1S/C19H18ClFO2/c1-2-3-13-11-22-19(23-12-13)15-6-4-14(5-7-15)16-8-9-17(20)18(21)10-16/h2-10,13,19H,11-12H2,1H3/t13-,19-. The molecule has 0 bridgehead atoms. The summed E-state index contributed by atoms with van der Waals surface area (Å²) in [6, 6.07) is 12.6. The molecule has 23 heavy (non-hydrogen) atoms. The summed E-state index contributed by atoms with van der Waals surface area (Å²) in [5.41, 5.74) is 2.67. The molecular formula is C19H18ClFO2. The van der Waals surface area contributed by atoms with Crippen molar-refractivity contribution in [3.8, 4) is 11.1 Å². The zero-order valence-corrected chi connectivity index (χ0v) is 13.6. The Labute approximate surface area is 140 Å². The summed E-state index contributed by atoms with van der Waals surface area (Å²) in [4.78, 5) is 0. The Hall–Kier alpha value is -1.68. The Morgan fingerprint density at radius 2 is 1.70 bits per heavy atom. The Kier molecular flexibility index (Phi) is 5.11. The first-order valence-corrected chi connectivity index (χ1v) is 7.96. The van der Waals surface area contributed by atoms with E-state index in [1.54, 1.807) is 12.1 Å². The second-order valence-electron chi connectivity index (χ2n) is 5.54. The van der Waals surface area contributed by atoms with Crippen LogP contribution in [0.15, 0.2) is 54.6 Å². The summed E-state index contributed by atoms with van der Waals surface area (Å²) in [7, 11) is 0. The maximum Gasteiger partial charge on any atom is 0.183 e. The topological polar surface area (TPSA) is 18.5 Å². The van der Waals surface area contributed by atoms with Crippen LogP contribution in [0.4, 0.5) is 4.39 Å². The fourth-order valence-electron chi connectivity index (χ4n) is 2.60. The summed E-state index contributed by atoms with van der Waals surface area (Å²) in [5, 5.41) is 0.130. The van der Waals surface area contributed by atoms with Crippen LogP contribution in [0.25, 0.3) is 11.1 Å². The molecule has 0 atom stereocenters. The van der Waals surface area contributed by atoms with E-state index in [1.165, 1.54) is 6.07 Å². The number of ether oxygens (including phenoxy) is 2. The first-order valence-electron chi connectivity index (χ1n) is 7.59. The monoisotopic (exact) mass is 332 g/mol. The molecule has 1 heterocycles. The molecular weight excluding hydrogens is 315 g/mol. The highest BCUT2D eigenvalue weighted by Crippen LogP contribution is 2.29. The van der Waals surface area contributed by atoms with Gasteiger partial charge in [-0.2, -0.15) is 0 Å². The zero-order valence-electron chi connectivity index (χ0n) is 12.8. The molecule has 0 unspecified atom stereocenters. The molecule has 1 fully saturated rings. The van der Waals surface area contributed by atoms with Crippen molar-refractivity contribution in [3.63, 3.8) is 0 Å². The molecule has 1 aliphatic heterocycles. The zero-order chi connectivity index (χ0) is 16.2. The molecule has 2 aromatic carbocycles. The van der Waals surface area contributed by atoms with Gasteiger partial charge in [0.05, 0.1) is 18.2 Å². The fourth-order valence-corrected chi connectivity index (χ4v) is 2.72. The maximum atomic E-state index is 13.6. The fraction of sp³-hybridized carbons (Fsp3) is 0.263. The first-order chi connectivity index (χ1) is 11.2. The Morgan fingerprint density at radius 3 is 2.30 bits per heavy atom. The number of benzene rings is 2. The van der Waals surface area contributed by atoms with Gasteiger partial charge in [0.1, 0.15) is 5.82 Å². The van der Waals surface area contributed by atoms with Gasteiger partial charge in [-0.3, -0.25) is 0 Å². The van der Waals surface area contributed by atoms with Gasteiger partial charge in [-0.05, 0) is 30.2 Å². The predicted molar refractivity (Wildman–Crippen MR) is 89.8 cm³/mol. The molecule has 120 valence electrons. The highest BCUT2D eigenvalue weighted by Gasteiger charge is 2.21. The normalized spacial score (nSPS) is 21.7. The van der Waals surface area contributed by atoms with Crippen LogP contribution in [0.5, 0.6) is 0 Å². The maximum absolute atomic E-state index is 13.6. The van der Waals surface area contributed by atoms with Crippen LogP contribution < -0.4 is 0 Å². The quantitative estimate of drug-likeness (QED) is 0.702. The number of rotatable bonds is 3. The minimum Gasteiger partial charge on any atom is -0.348 e. The minimum atomic E-state index is -0.415. The molecule has 4 heteroatoms. The van der Waals surface area contributed by atoms with Gasteiger partial charge in [-0.15, -0.1) is 0 Å². The van der Waals surface area contributed by atoms with Crippen LogP contribution in [0.1, 0.15) is 18.8 Å². The third-order valence-corrected chi connectivity index (χ3v) is 4.13. The van der Waals surface area contributed by atoms with Gasteiger partial charge in [0.25, 0.3) is 0 Å². The summed E-state index contributed by atoms with van der Waals surface area (Å²) in [5.74, 6) is -0.102. The SMILES string of the molecule is CC=C[C@H]1CO[C@H](c2ccc(-c3ccc(Cl)c(F)c3)cc2)OC1. The largest absolute Gasteiger partial charge is 0.348 e. The van der Waals surface area contributed by atoms with Crippen LogP contribution in [0, 0.1) is 11.7 Å². The van der Waals surface area contributed by atoms with Gasteiger partial charge in [0, 0.05) is 11.5 Å². The lowest BCUT2D eigenvalue weighted by atomic mass is 10.0. The van der Waals surface area contributed by atoms with Crippen LogP contribution in [-0.4, -0.2) is 13.2 Å². The molecule has 2 aromatic rings. The average Bonchev–Trinajstić information content (AvgIpc) is 2.59. The summed E-state index contributed by atoms with van der Waals surface area (Å²) < 4.78 is 25.1. The van der Waals surface area contributed by atoms with Crippen LogP contribution >= 0.6 is 11.6 Å². The molecule has 0 spiro atoms. The van der Waals surface area contributed by atoms with Crippen LogP contribution in [0.3, 0.4) is 0 Å². The van der Waals surface area contributed by atoms with Crippen molar-refractivity contribution in [2.24, 2.45) is 5.92 Å². The molecule has 0 aromatic heterocycles. The molecule has 3 rings (SSSR count). The summed E-state index contributed by atoms with van der Waals surface area (Å²) in [6.45, 7) is 3.29. The van der Waals surface area contributed by atoms with Gasteiger partial charge in [0.15, 0.2) is 6.29 Å². The van der Waals surface area contributed by atoms with E-state index in [1.807, 2.05) is 37.3 Å². The lowest BCUT2D eigenvalue weighted by molar-refractivity contribution is -0.197. The first kappa shape index (κ1) is 16.2. The van der Waals surface area contributed by atoms with Crippen molar-refractivity contribution < 1.29 is 13.9 Å². The molecule has 0 amide bonds. The number of hydrogen-bond donors (Lipinski definition) is 0. The molecule has 0 aliphatic carbocycles. The Balaban J connectivity index is 1.71. The van der Waals surface area contributed by atoms with E-state index >= 15 is 0 Å². The highest BCUT2D eigenvalue weighted by atomic mass is 35.5. The third kappa shape index (κ3) is 3.81. The molecule has 0 N–H and O–H groups in total. The van der Waals surface area contributed by atoms with Crippen molar-refractivity contribution in [2.75, 3.05) is 13.2 Å². The van der Waals surface area contributed by atoms with E-state index < -0.39 is 5.82 Å². The van der Waals surface area contributed by atoms with Gasteiger partial charge < -0.3 is 9.47 Å². The smallest absolute Gasteiger partial charge is 0.183 e. The predicted octanol–water partition coefficient (Wildman–Crippen LogP) is 5.38. The van der Waals surface area contributed by atoms with Crippen molar-refractivity contribution in [3.05, 3.63) is 71.0 Å². The van der Waals surface area contributed by atoms with Crippen molar-refractivity contribution in [2.45, 2.75) is 13.2 Å². The van der Waals surface area contributed by atoms with Gasteiger partial charge in [-0.25, -0.2) is 4.39 Å². The van der Waals surface area contributed by atoms with Crippen LogP contribution in [-0.2, 0) is 9.47 Å². The van der Waals surface area contributed by atoms with E-state index in [-0.39, 0.29) is 11.3 Å². The molecule has 1 aliphatic rings. The van der Waals surface area contributed by atoms with E-state index in [2.05, 4.69) is 6.08 Å². The third-order valence-electron chi connectivity index (χ3n) is 3.82. The number of hydrogen-bond acceptors (Lipinski definition) is 2. The van der Waals surface area contributed by atoms with E-state index in [9.17, 15) is 4.39 Å². The van der Waals surface area contributed by atoms with E-state index in [4.69, 9.17) is 21.1 Å². The molecule has 1 saturated heterocycles. The lowest BCUT2D eigenvalue weighted by Crippen LogP contribution is -2.25. The van der Waals surface area contributed by atoms with E-state index in [0.717, 1.165) is 16.7 Å². The highest BCUT2D eigenvalue weighted by molar-refractivity contribution is 6.30. The van der Waals surface area contributed by atoms with Crippen molar-refractivity contribution in [1.82, 2.24) is 0 Å². The molecule has 0 saturated carbocycles. The van der Waals surface area contributed by atoms with Gasteiger partial charge in [-0.1, -0.05) is 54.1 Å². The second-order valence-corrected chi connectivity index (χ2v) is 5.94. The molecule has 0 radical (unpaired) electrons.